The lowest BCUT2D eigenvalue weighted by Gasteiger charge is -2.34. The standard InChI is InChI=1S/C20H30N2O3/c23-20(11-13-22-12-4-5-15-25-22)21-14-16-24-19(17-21)10-6-9-18-7-2-1-3-8-18/h1-3,7-8,19H,4-6,9-17H2/t19-/m1/s1. The molecule has 2 heterocycles. The molecule has 2 fully saturated rings. The molecular weight excluding hydrogens is 316 g/mol. The molecule has 1 aromatic carbocycles. The van der Waals surface area contributed by atoms with E-state index >= 15 is 0 Å². The second kappa shape index (κ2) is 9.90. The second-order valence-electron chi connectivity index (χ2n) is 6.93. The summed E-state index contributed by atoms with van der Waals surface area (Å²) in [5, 5.41) is 1.94. The van der Waals surface area contributed by atoms with Gasteiger partial charge in [-0.2, -0.15) is 5.06 Å². The minimum atomic E-state index is 0.174. The quantitative estimate of drug-likeness (QED) is 0.761. The van der Waals surface area contributed by atoms with Crippen LogP contribution in [0.2, 0.25) is 0 Å². The number of carbonyl (C=O) groups excluding carboxylic acids is 1. The van der Waals surface area contributed by atoms with Crippen LogP contribution >= 0.6 is 0 Å². The fourth-order valence-corrected chi connectivity index (χ4v) is 3.50. The van der Waals surface area contributed by atoms with Crippen LogP contribution in [0.1, 0.15) is 37.7 Å². The van der Waals surface area contributed by atoms with Crippen molar-refractivity contribution < 1.29 is 14.4 Å². The van der Waals surface area contributed by atoms with Crippen molar-refractivity contribution in [3.63, 3.8) is 0 Å². The number of aryl methyl sites for hydroxylation is 1. The van der Waals surface area contributed by atoms with Gasteiger partial charge >= 0.3 is 0 Å². The maximum atomic E-state index is 12.5. The maximum Gasteiger partial charge on any atom is 0.224 e. The first-order valence-electron chi connectivity index (χ1n) is 9.62. The summed E-state index contributed by atoms with van der Waals surface area (Å²) in [7, 11) is 0. The third-order valence-corrected chi connectivity index (χ3v) is 4.98. The molecule has 2 saturated heterocycles. The van der Waals surface area contributed by atoms with Crippen LogP contribution in [0.25, 0.3) is 0 Å². The van der Waals surface area contributed by atoms with E-state index in [9.17, 15) is 4.79 Å². The molecule has 0 saturated carbocycles. The van der Waals surface area contributed by atoms with Crippen molar-refractivity contribution in [2.24, 2.45) is 0 Å². The predicted octanol–water partition coefficient (Wildman–Crippen LogP) is 2.65. The number of ether oxygens (including phenoxy) is 1. The SMILES string of the molecule is O=C(CCN1CCCCO1)N1CCO[C@H](CCCc2ccccc2)C1. The summed E-state index contributed by atoms with van der Waals surface area (Å²) in [6.07, 6.45) is 6.17. The van der Waals surface area contributed by atoms with E-state index in [0.717, 1.165) is 58.3 Å². The Labute approximate surface area is 150 Å². The molecule has 0 radical (unpaired) electrons. The van der Waals surface area contributed by atoms with Crippen LogP contribution in [0.3, 0.4) is 0 Å². The Morgan fingerprint density at radius 1 is 1.12 bits per heavy atom. The fraction of sp³-hybridized carbons (Fsp3) is 0.650. The van der Waals surface area contributed by atoms with Crippen molar-refractivity contribution in [1.29, 1.82) is 0 Å². The number of nitrogens with zero attached hydrogens (tertiary/aromatic N) is 2. The van der Waals surface area contributed by atoms with Crippen molar-refractivity contribution in [2.45, 2.75) is 44.6 Å². The Hall–Kier alpha value is -1.43. The molecule has 3 rings (SSSR count). The molecule has 2 aliphatic heterocycles. The minimum Gasteiger partial charge on any atom is -0.375 e. The molecule has 0 unspecified atom stereocenters. The smallest absolute Gasteiger partial charge is 0.224 e. The van der Waals surface area contributed by atoms with Crippen LogP contribution in [-0.2, 0) is 20.8 Å². The van der Waals surface area contributed by atoms with Crippen LogP contribution in [0.5, 0.6) is 0 Å². The number of hydroxylamine groups is 2. The first kappa shape index (κ1) is 18.4. The number of rotatable bonds is 7. The first-order chi connectivity index (χ1) is 12.3. The van der Waals surface area contributed by atoms with Crippen molar-refractivity contribution in [3.05, 3.63) is 35.9 Å². The lowest BCUT2D eigenvalue weighted by Crippen LogP contribution is -2.46. The summed E-state index contributed by atoms with van der Waals surface area (Å²) in [6.45, 7) is 4.54. The summed E-state index contributed by atoms with van der Waals surface area (Å²) in [5.74, 6) is 0.227. The van der Waals surface area contributed by atoms with Gasteiger partial charge < -0.3 is 9.64 Å². The Balaban J connectivity index is 1.35. The second-order valence-corrected chi connectivity index (χ2v) is 6.93. The monoisotopic (exact) mass is 346 g/mol. The molecule has 1 aromatic rings. The summed E-state index contributed by atoms with van der Waals surface area (Å²) in [6, 6.07) is 10.5. The van der Waals surface area contributed by atoms with Crippen molar-refractivity contribution >= 4 is 5.91 Å². The number of benzene rings is 1. The maximum absolute atomic E-state index is 12.5. The summed E-state index contributed by atoms with van der Waals surface area (Å²) >= 11 is 0. The van der Waals surface area contributed by atoms with E-state index in [1.807, 2.05) is 16.0 Å². The molecule has 0 aliphatic carbocycles. The zero-order chi connectivity index (χ0) is 17.3. The molecule has 5 nitrogen and oxygen atoms in total. The van der Waals surface area contributed by atoms with Gasteiger partial charge in [0.15, 0.2) is 0 Å². The number of morpholine rings is 1. The average Bonchev–Trinajstić information content (AvgIpc) is 2.68. The molecule has 138 valence electrons. The Bertz CT molecular complexity index is 517. The summed E-state index contributed by atoms with van der Waals surface area (Å²) in [4.78, 5) is 20.0. The first-order valence-corrected chi connectivity index (χ1v) is 9.62. The van der Waals surface area contributed by atoms with Crippen LogP contribution in [0, 0.1) is 0 Å². The normalized spacial score (nSPS) is 22.1. The average molecular weight is 346 g/mol. The minimum absolute atomic E-state index is 0.174. The molecule has 0 spiro atoms. The van der Waals surface area contributed by atoms with Gasteiger partial charge in [-0.1, -0.05) is 30.3 Å². The molecule has 25 heavy (non-hydrogen) atoms. The van der Waals surface area contributed by atoms with E-state index in [0.29, 0.717) is 19.6 Å². The zero-order valence-electron chi connectivity index (χ0n) is 15.1. The fourth-order valence-electron chi connectivity index (χ4n) is 3.50. The molecule has 0 aromatic heterocycles. The van der Waals surface area contributed by atoms with Gasteiger partial charge in [-0.05, 0) is 37.7 Å². The van der Waals surface area contributed by atoms with E-state index in [2.05, 4.69) is 24.3 Å². The zero-order valence-corrected chi connectivity index (χ0v) is 15.1. The van der Waals surface area contributed by atoms with Gasteiger partial charge in [0.05, 0.1) is 19.3 Å². The highest BCUT2D eigenvalue weighted by molar-refractivity contribution is 5.76. The van der Waals surface area contributed by atoms with E-state index in [4.69, 9.17) is 9.57 Å². The van der Waals surface area contributed by atoms with Crippen LogP contribution in [-0.4, -0.2) is 61.4 Å². The van der Waals surface area contributed by atoms with Gasteiger partial charge in [0.1, 0.15) is 0 Å². The number of hydrogen-bond acceptors (Lipinski definition) is 4. The third-order valence-electron chi connectivity index (χ3n) is 4.98. The van der Waals surface area contributed by atoms with Gasteiger partial charge in [-0.3, -0.25) is 9.63 Å². The Kier molecular flexibility index (Phi) is 7.27. The van der Waals surface area contributed by atoms with Gasteiger partial charge in [-0.25, -0.2) is 0 Å². The molecule has 5 heteroatoms. The largest absolute Gasteiger partial charge is 0.375 e. The highest BCUT2D eigenvalue weighted by atomic mass is 16.7. The highest BCUT2D eigenvalue weighted by Gasteiger charge is 2.24. The summed E-state index contributed by atoms with van der Waals surface area (Å²) < 4.78 is 5.86. The van der Waals surface area contributed by atoms with E-state index in [-0.39, 0.29) is 12.0 Å². The number of carbonyl (C=O) groups is 1. The lowest BCUT2D eigenvalue weighted by atomic mass is 10.0. The highest BCUT2D eigenvalue weighted by Crippen LogP contribution is 2.15. The number of hydrogen-bond donors (Lipinski definition) is 0. The molecule has 0 bridgehead atoms. The molecular formula is C20H30N2O3. The molecule has 1 amide bonds. The van der Waals surface area contributed by atoms with Gasteiger partial charge in [0.2, 0.25) is 5.91 Å². The van der Waals surface area contributed by atoms with Gasteiger partial charge in [-0.15, -0.1) is 0 Å². The number of amides is 1. The van der Waals surface area contributed by atoms with Crippen molar-refractivity contribution in [3.8, 4) is 0 Å². The van der Waals surface area contributed by atoms with E-state index in [1.165, 1.54) is 5.56 Å². The van der Waals surface area contributed by atoms with E-state index < -0.39 is 0 Å². The van der Waals surface area contributed by atoms with Crippen molar-refractivity contribution in [2.75, 3.05) is 39.4 Å². The van der Waals surface area contributed by atoms with Crippen LogP contribution < -0.4 is 0 Å². The van der Waals surface area contributed by atoms with Crippen LogP contribution in [0.15, 0.2) is 30.3 Å². The third kappa shape index (κ3) is 6.10. The predicted molar refractivity (Wildman–Crippen MR) is 97.1 cm³/mol. The lowest BCUT2D eigenvalue weighted by molar-refractivity contribution is -0.183. The molecule has 2 aliphatic rings. The van der Waals surface area contributed by atoms with E-state index in [1.54, 1.807) is 0 Å². The van der Waals surface area contributed by atoms with Crippen molar-refractivity contribution in [1.82, 2.24) is 9.96 Å². The summed E-state index contributed by atoms with van der Waals surface area (Å²) in [5.41, 5.74) is 1.37. The van der Waals surface area contributed by atoms with Gasteiger partial charge in [0.25, 0.3) is 0 Å². The molecule has 1 atom stereocenters. The molecule has 0 N–H and O–H groups in total. The van der Waals surface area contributed by atoms with Crippen LogP contribution in [0.4, 0.5) is 0 Å². The Morgan fingerprint density at radius 2 is 2.00 bits per heavy atom. The van der Waals surface area contributed by atoms with Gasteiger partial charge in [0, 0.05) is 32.6 Å². The topological polar surface area (TPSA) is 42.0 Å². The Morgan fingerprint density at radius 3 is 2.80 bits per heavy atom.